The van der Waals surface area contributed by atoms with Gasteiger partial charge in [-0.25, -0.2) is 4.98 Å². The van der Waals surface area contributed by atoms with Gasteiger partial charge in [-0.05, 0) is 61.5 Å². The second-order valence-corrected chi connectivity index (χ2v) is 6.25. The summed E-state index contributed by atoms with van der Waals surface area (Å²) in [6.07, 6.45) is 0. The van der Waals surface area contributed by atoms with E-state index in [9.17, 15) is 4.79 Å². The maximum atomic E-state index is 12.4. The van der Waals surface area contributed by atoms with Crippen LogP contribution >= 0.6 is 0 Å². The molecular weight excluding hydrogens is 340 g/mol. The number of ether oxygens (including phenoxy) is 1. The van der Waals surface area contributed by atoms with Crippen molar-refractivity contribution in [3.05, 3.63) is 77.9 Å². The Morgan fingerprint density at radius 2 is 1.85 bits per heavy atom. The third-order valence-corrected chi connectivity index (χ3v) is 4.26. The van der Waals surface area contributed by atoms with Gasteiger partial charge in [0.25, 0.3) is 5.91 Å². The third-order valence-electron chi connectivity index (χ3n) is 4.26. The summed E-state index contributed by atoms with van der Waals surface area (Å²) in [4.78, 5) is 17.0. The summed E-state index contributed by atoms with van der Waals surface area (Å²) in [6.45, 7) is 1.96. The Balaban J connectivity index is 1.59. The zero-order valence-electron chi connectivity index (χ0n) is 15.0. The largest absolute Gasteiger partial charge is 0.497 e. The molecular formula is C22H18N2O3. The second kappa shape index (κ2) is 6.96. The van der Waals surface area contributed by atoms with Gasteiger partial charge >= 0.3 is 0 Å². The number of aromatic nitrogens is 1. The molecule has 0 aliphatic rings. The summed E-state index contributed by atoms with van der Waals surface area (Å²) in [7, 11) is 1.63. The summed E-state index contributed by atoms with van der Waals surface area (Å²) in [5.41, 5.74) is 4.53. The van der Waals surface area contributed by atoms with E-state index in [1.165, 1.54) is 0 Å². The molecule has 0 aliphatic carbocycles. The van der Waals surface area contributed by atoms with Crippen molar-refractivity contribution < 1.29 is 13.9 Å². The first-order valence-corrected chi connectivity index (χ1v) is 8.55. The number of hydrogen-bond acceptors (Lipinski definition) is 4. The van der Waals surface area contributed by atoms with E-state index in [1.54, 1.807) is 31.4 Å². The number of methoxy groups -OCH3 is 1. The molecule has 4 rings (SSSR count). The zero-order chi connectivity index (χ0) is 18.8. The molecule has 0 saturated carbocycles. The number of aryl methyl sites for hydroxylation is 1. The predicted molar refractivity (Wildman–Crippen MR) is 105 cm³/mol. The van der Waals surface area contributed by atoms with Gasteiger partial charge in [0.15, 0.2) is 5.58 Å². The molecule has 0 atom stereocenters. The van der Waals surface area contributed by atoms with Crippen LogP contribution in [0.2, 0.25) is 0 Å². The van der Waals surface area contributed by atoms with E-state index in [4.69, 9.17) is 9.15 Å². The molecule has 0 aliphatic heterocycles. The molecule has 27 heavy (non-hydrogen) atoms. The van der Waals surface area contributed by atoms with Crippen LogP contribution in [0, 0.1) is 6.92 Å². The molecule has 1 aromatic heterocycles. The van der Waals surface area contributed by atoms with E-state index in [0.717, 1.165) is 16.9 Å². The lowest BCUT2D eigenvalue weighted by Gasteiger charge is -2.05. The number of rotatable bonds is 4. The van der Waals surface area contributed by atoms with Crippen molar-refractivity contribution in [1.29, 1.82) is 0 Å². The number of carbonyl (C=O) groups excluding carboxylic acids is 1. The molecule has 134 valence electrons. The normalized spacial score (nSPS) is 10.7. The van der Waals surface area contributed by atoms with Crippen molar-refractivity contribution >= 4 is 22.7 Å². The maximum absolute atomic E-state index is 12.4. The Bertz CT molecular complexity index is 1110. The SMILES string of the molecule is COc1ccc(-c2nc3cc(NC(=O)c4cccc(C)c4)ccc3o2)cc1. The van der Waals surface area contributed by atoms with Gasteiger partial charge in [-0.2, -0.15) is 0 Å². The van der Waals surface area contributed by atoms with Gasteiger partial charge in [-0.1, -0.05) is 17.7 Å². The lowest BCUT2D eigenvalue weighted by molar-refractivity contribution is 0.102. The molecule has 3 aromatic carbocycles. The predicted octanol–water partition coefficient (Wildman–Crippen LogP) is 5.06. The lowest BCUT2D eigenvalue weighted by atomic mass is 10.1. The Hall–Kier alpha value is -3.60. The number of fused-ring (bicyclic) bond motifs is 1. The number of nitrogens with one attached hydrogen (secondary N) is 1. The molecule has 1 N–H and O–H groups in total. The molecule has 1 heterocycles. The molecule has 1 amide bonds. The topological polar surface area (TPSA) is 64.4 Å². The van der Waals surface area contributed by atoms with E-state index < -0.39 is 0 Å². The molecule has 0 fully saturated rings. The van der Waals surface area contributed by atoms with Gasteiger partial charge < -0.3 is 14.5 Å². The lowest BCUT2D eigenvalue weighted by Crippen LogP contribution is -2.11. The van der Waals surface area contributed by atoms with Gasteiger partial charge in [-0.3, -0.25) is 4.79 Å². The van der Waals surface area contributed by atoms with E-state index >= 15 is 0 Å². The molecule has 0 unspecified atom stereocenters. The summed E-state index contributed by atoms with van der Waals surface area (Å²) < 4.78 is 11.0. The minimum Gasteiger partial charge on any atom is -0.497 e. The third kappa shape index (κ3) is 3.53. The first-order chi connectivity index (χ1) is 13.1. The van der Waals surface area contributed by atoms with Crippen molar-refractivity contribution in [2.75, 3.05) is 12.4 Å². The number of carbonyl (C=O) groups is 1. The first kappa shape index (κ1) is 16.8. The summed E-state index contributed by atoms with van der Waals surface area (Å²) in [5, 5.41) is 2.90. The fourth-order valence-corrected chi connectivity index (χ4v) is 2.85. The zero-order valence-corrected chi connectivity index (χ0v) is 15.0. The number of benzene rings is 3. The van der Waals surface area contributed by atoms with Gasteiger partial charge in [0.2, 0.25) is 5.89 Å². The van der Waals surface area contributed by atoms with Crippen molar-refractivity contribution in [2.24, 2.45) is 0 Å². The molecule has 0 radical (unpaired) electrons. The van der Waals surface area contributed by atoms with Crippen molar-refractivity contribution in [3.8, 4) is 17.2 Å². The van der Waals surface area contributed by atoms with E-state index in [2.05, 4.69) is 10.3 Å². The highest BCUT2D eigenvalue weighted by Gasteiger charge is 2.11. The fourth-order valence-electron chi connectivity index (χ4n) is 2.85. The van der Waals surface area contributed by atoms with Crippen LogP contribution in [0.3, 0.4) is 0 Å². The van der Waals surface area contributed by atoms with Gasteiger partial charge in [0, 0.05) is 16.8 Å². The molecule has 5 nitrogen and oxygen atoms in total. The highest BCUT2D eigenvalue weighted by molar-refractivity contribution is 6.05. The Kier molecular flexibility index (Phi) is 4.34. The van der Waals surface area contributed by atoms with Crippen LogP contribution in [0.1, 0.15) is 15.9 Å². The van der Waals surface area contributed by atoms with Crippen LogP contribution < -0.4 is 10.1 Å². The van der Waals surface area contributed by atoms with Crippen molar-refractivity contribution in [3.63, 3.8) is 0 Å². The molecule has 0 spiro atoms. The number of oxazole rings is 1. The van der Waals surface area contributed by atoms with E-state index in [1.807, 2.05) is 49.4 Å². The van der Waals surface area contributed by atoms with Crippen LogP contribution in [-0.2, 0) is 0 Å². The van der Waals surface area contributed by atoms with Crippen LogP contribution in [-0.4, -0.2) is 18.0 Å². The summed E-state index contributed by atoms with van der Waals surface area (Å²) >= 11 is 0. The van der Waals surface area contributed by atoms with Crippen molar-refractivity contribution in [1.82, 2.24) is 4.98 Å². The molecule has 4 aromatic rings. The molecule has 0 saturated heterocycles. The van der Waals surface area contributed by atoms with E-state index in [-0.39, 0.29) is 5.91 Å². The standard InChI is InChI=1S/C22H18N2O3/c1-14-4-3-5-16(12-14)21(25)23-17-8-11-20-19(13-17)24-22(27-20)15-6-9-18(26-2)10-7-15/h3-13H,1-2H3,(H,23,25). The summed E-state index contributed by atoms with van der Waals surface area (Å²) in [6, 6.07) is 20.4. The number of anilines is 1. The minimum atomic E-state index is -0.156. The highest BCUT2D eigenvalue weighted by Crippen LogP contribution is 2.27. The second-order valence-electron chi connectivity index (χ2n) is 6.25. The number of nitrogens with zero attached hydrogens (tertiary/aromatic N) is 1. The van der Waals surface area contributed by atoms with Gasteiger partial charge in [0.1, 0.15) is 11.3 Å². The maximum Gasteiger partial charge on any atom is 0.255 e. The number of amides is 1. The number of hydrogen-bond donors (Lipinski definition) is 1. The first-order valence-electron chi connectivity index (χ1n) is 8.55. The fraction of sp³-hybridized carbons (Fsp3) is 0.0909. The van der Waals surface area contributed by atoms with Crippen molar-refractivity contribution in [2.45, 2.75) is 6.92 Å². The molecule has 5 heteroatoms. The Labute approximate surface area is 156 Å². The summed E-state index contributed by atoms with van der Waals surface area (Å²) in [5.74, 6) is 1.14. The van der Waals surface area contributed by atoms with Gasteiger partial charge in [-0.15, -0.1) is 0 Å². The van der Waals surface area contributed by atoms with Gasteiger partial charge in [0.05, 0.1) is 7.11 Å². The quantitative estimate of drug-likeness (QED) is 0.553. The Morgan fingerprint density at radius 1 is 1.04 bits per heavy atom. The van der Waals surface area contributed by atoms with Crippen LogP contribution in [0.5, 0.6) is 5.75 Å². The minimum absolute atomic E-state index is 0.156. The monoisotopic (exact) mass is 358 g/mol. The Morgan fingerprint density at radius 3 is 2.59 bits per heavy atom. The van der Waals surface area contributed by atoms with Crippen LogP contribution in [0.4, 0.5) is 5.69 Å². The highest BCUT2D eigenvalue weighted by atomic mass is 16.5. The smallest absolute Gasteiger partial charge is 0.255 e. The molecule has 0 bridgehead atoms. The van der Waals surface area contributed by atoms with E-state index in [0.29, 0.717) is 28.2 Å². The van der Waals surface area contributed by atoms with Crippen LogP contribution in [0.25, 0.3) is 22.6 Å². The average Bonchev–Trinajstić information content (AvgIpc) is 3.11. The average molecular weight is 358 g/mol. The van der Waals surface area contributed by atoms with Crippen LogP contribution in [0.15, 0.2) is 71.1 Å².